The molecule has 4 nitrogen and oxygen atoms in total. The van der Waals surface area contributed by atoms with E-state index in [0.717, 1.165) is 42.7 Å². The Kier molecular flexibility index (Phi) is 4.65. The highest BCUT2D eigenvalue weighted by Crippen LogP contribution is 2.33. The van der Waals surface area contributed by atoms with E-state index in [-0.39, 0.29) is 11.4 Å². The molecule has 0 saturated heterocycles. The maximum atomic E-state index is 12.1. The van der Waals surface area contributed by atoms with Crippen molar-refractivity contribution in [3.8, 4) is 5.75 Å². The molecule has 0 heterocycles. The van der Waals surface area contributed by atoms with Crippen LogP contribution in [0.3, 0.4) is 0 Å². The van der Waals surface area contributed by atoms with Gasteiger partial charge in [-0.25, -0.2) is 0 Å². The number of benzene rings is 1. The highest BCUT2D eigenvalue weighted by molar-refractivity contribution is 5.93. The molecule has 0 bridgehead atoms. The summed E-state index contributed by atoms with van der Waals surface area (Å²) in [4.78, 5) is 12.1. The molecule has 2 rings (SSSR count). The Labute approximate surface area is 120 Å². The van der Waals surface area contributed by atoms with Crippen LogP contribution in [-0.4, -0.2) is 18.1 Å². The van der Waals surface area contributed by atoms with E-state index >= 15 is 0 Å². The van der Waals surface area contributed by atoms with Gasteiger partial charge in [0.1, 0.15) is 5.75 Å². The van der Waals surface area contributed by atoms with Gasteiger partial charge in [0.2, 0.25) is 5.91 Å². The van der Waals surface area contributed by atoms with Crippen molar-refractivity contribution in [1.82, 2.24) is 0 Å². The molecule has 0 aliphatic heterocycles. The molecule has 0 atom stereocenters. The second-order valence-electron chi connectivity index (χ2n) is 5.79. The Morgan fingerprint density at radius 2 is 2.20 bits per heavy atom. The molecule has 0 spiro atoms. The largest absolute Gasteiger partial charge is 0.491 e. The molecule has 20 heavy (non-hydrogen) atoms. The summed E-state index contributed by atoms with van der Waals surface area (Å²) in [5.41, 5.74) is 7.66. The van der Waals surface area contributed by atoms with Crippen molar-refractivity contribution < 1.29 is 9.53 Å². The average molecular weight is 276 g/mol. The summed E-state index contributed by atoms with van der Waals surface area (Å²) in [5, 5.41) is 2.93. The van der Waals surface area contributed by atoms with Gasteiger partial charge in [-0.1, -0.05) is 13.0 Å². The maximum absolute atomic E-state index is 12.1. The Balaban J connectivity index is 2.01. The van der Waals surface area contributed by atoms with Gasteiger partial charge in [-0.15, -0.1) is 0 Å². The minimum absolute atomic E-state index is 0.0302. The fourth-order valence-corrected chi connectivity index (χ4v) is 2.39. The van der Waals surface area contributed by atoms with Crippen LogP contribution in [0.5, 0.6) is 5.75 Å². The lowest BCUT2D eigenvalue weighted by molar-refractivity contribution is -0.118. The predicted octanol–water partition coefficient (Wildman–Crippen LogP) is 2.99. The summed E-state index contributed by atoms with van der Waals surface area (Å²) >= 11 is 0. The zero-order chi connectivity index (χ0) is 14.6. The number of ether oxygens (including phenoxy) is 1. The molecule has 1 aromatic rings. The first-order valence-electron chi connectivity index (χ1n) is 7.34. The molecule has 4 heteroatoms. The number of nitrogens with two attached hydrogens (primary N) is 1. The zero-order valence-electron chi connectivity index (χ0n) is 12.4. The van der Waals surface area contributed by atoms with Gasteiger partial charge in [-0.2, -0.15) is 0 Å². The number of aryl methyl sites for hydroxylation is 1. The number of rotatable bonds is 6. The van der Waals surface area contributed by atoms with Gasteiger partial charge in [0.25, 0.3) is 0 Å². The van der Waals surface area contributed by atoms with Gasteiger partial charge in [0.05, 0.1) is 12.3 Å². The van der Waals surface area contributed by atoms with Crippen LogP contribution in [0.15, 0.2) is 18.2 Å². The number of amides is 1. The summed E-state index contributed by atoms with van der Waals surface area (Å²) < 4.78 is 5.69. The molecule has 1 aromatic carbocycles. The SMILES string of the molecule is CCCOc1cc(C)ccc1NC(=O)CC1(N)CCC1. The zero-order valence-corrected chi connectivity index (χ0v) is 12.4. The van der Waals surface area contributed by atoms with E-state index in [0.29, 0.717) is 13.0 Å². The molecule has 0 radical (unpaired) electrons. The molecule has 110 valence electrons. The van der Waals surface area contributed by atoms with Crippen LogP contribution in [0, 0.1) is 6.92 Å². The third kappa shape index (κ3) is 3.73. The Morgan fingerprint density at radius 3 is 2.80 bits per heavy atom. The number of carbonyl (C=O) groups is 1. The van der Waals surface area contributed by atoms with Crippen molar-refractivity contribution in [2.24, 2.45) is 5.73 Å². The second-order valence-corrected chi connectivity index (χ2v) is 5.79. The lowest BCUT2D eigenvalue weighted by Gasteiger charge is -2.37. The molecule has 1 fully saturated rings. The van der Waals surface area contributed by atoms with Crippen LogP contribution in [0.4, 0.5) is 5.69 Å². The number of hydrogen-bond donors (Lipinski definition) is 2. The van der Waals surface area contributed by atoms with E-state index in [2.05, 4.69) is 12.2 Å². The molecule has 0 unspecified atom stereocenters. The molecule has 1 aliphatic rings. The van der Waals surface area contributed by atoms with Gasteiger partial charge in [-0.05, 0) is 50.3 Å². The second kappa shape index (κ2) is 6.27. The Bertz CT molecular complexity index is 481. The Hall–Kier alpha value is -1.55. The minimum Gasteiger partial charge on any atom is -0.491 e. The summed E-state index contributed by atoms with van der Waals surface area (Å²) in [6, 6.07) is 5.81. The van der Waals surface area contributed by atoms with E-state index in [1.165, 1.54) is 0 Å². The standard InChI is InChI=1S/C16H24N2O2/c1-3-9-20-14-10-12(2)5-6-13(14)18-15(19)11-16(17)7-4-8-16/h5-6,10H,3-4,7-9,11,17H2,1-2H3,(H,18,19). The number of anilines is 1. The van der Waals surface area contributed by atoms with Crippen LogP contribution in [0.2, 0.25) is 0 Å². The molecule has 1 aliphatic carbocycles. The van der Waals surface area contributed by atoms with Gasteiger partial charge in [-0.3, -0.25) is 4.79 Å². The fourth-order valence-electron chi connectivity index (χ4n) is 2.39. The average Bonchev–Trinajstić information content (AvgIpc) is 2.37. The lowest BCUT2D eigenvalue weighted by Crippen LogP contribution is -2.48. The maximum Gasteiger partial charge on any atom is 0.226 e. The fraction of sp³-hybridized carbons (Fsp3) is 0.562. The van der Waals surface area contributed by atoms with Gasteiger partial charge < -0.3 is 15.8 Å². The molecule has 1 saturated carbocycles. The van der Waals surface area contributed by atoms with Crippen LogP contribution < -0.4 is 15.8 Å². The molecule has 3 N–H and O–H groups in total. The predicted molar refractivity (Wildman–Crippen MR) is 81.0 cm³/mol. The van der Waals surface area contributed by atoms with E-state index in [1.807, 2.05) is 25.1 Å². The first-order chi connectivity index (χ1) is 9.52. The topological polar surface area (TPSA) is 64.3 Å². The van der Waals surface area contributed by atoms with Crippen LogP contribution in [0.1, 0.15) is 44.6 Å². The third-order valence-corrected chi connectivity index (χ3v) is 3.73. The highest BCUT2D eigenvalue weighted by atomic mass is 16.5. The highest BCUT2D eigenvalue weighted by Gasteiger charge is 2.34. The van der Waals surface area contributed by atoms with E-state index < -0.39 is 0 Å². The van der Waals surface area contributed by atoms with Crippen LogP contribution in [0.25, 0.3) is 0 Å². The van der Waals surface area contributed by atoms with Crippen molar-refractivity contribution >= 4 is 11.6 Å². The number of hydrogen-bond acceptors (Lipinski definition) is 3. The number of nitrogens with one attached hydrogen (secondary N) is 1. The normalized spacial score (nSPS) is 16.4. The molecular weight excluding hydrogens is 252 g/mol. The molecule has 1 amide bonds. The molecular formula is C16H24N2O2. The van der Waals surface area contributed by atoms with Crippen LogP contribution >= 0.6 is 0 Å². The van der Waals surface area contributed by atoms with Gasteiger partial charge in [0, 0.05) is 12.0 Å². The first-order valence-corrected chi connectivity index (χ1v) is 7.34. The van der Waals surface area contributed by atoms with Gasteiger partial charge in [0.15, 0.2) is 0 Å². The van der Waals surface area contributed by atoms with Crippen molar-refractivity contribution in [2.45, 2.75) is 51.5 Å². The summed E-state index contributed by atoms with van der Waals surface area (Å²) in [6.07, 6.45) is 4.32. The van der Waals surface area contributed by atoms with E-state index in [9.17, 15) is 4.79 Å². The number of carbonyl (C=O) groups excluding carboxylic acids is 1. The Morgan fingerprint density at radius 1 is 1.45 bits per heavy atom. The van der Waals surface area contributed by atoms with E-state index in [4.69, 9.17) is 10.5 Å². The van der Waals surface area contributed by atoms with Crippen molar-refractivity contribution in [1.29, 1.82) is 0 Å². The van der Waals surface area contributed by atoms with Crippen molar-refractivity contribution in [2.75, 3.05) is 11.9 Å². The summed E-state index contributed by atoms with van der Waals surface area (Å²) in [7, 11) is 0. The first kappa shape index (κ1) is 14.9. The lowest BCUT2D eigenvalue weighted by atomic mass is 9.75. The smallest absolute Gasteiger partial charge is 0.226 e. The minimum atomic E-state index is -0.292. The summed E-state index contributed by atoms with van der Waals surface area (Å²) in [5.74, 6) is 0.706. The monoisotopic (exact) mass is 276 g/mol. The summed E-state index contributed by atoms with van der Waals surface area (Å²) in [6.45, 7) is 4.71. The van der Waals surface area contributed by atoms with Crippen LogP contribution in [-0.2, 0) is 4.79 Å². The van der Waals surface area contributed by atoms with Crippen molar-refractivity contribution in [3.05, 3.63) is 23.8 Å². The van der Waals surface area contributed by atoms with E-state index in [1.54, 1.807) is 0 Å². The quantitative estimate of drug-likeness (QED) is 0.839. The molecule has 0 aromatic heterocycles. The van der Waals surface area contributed by atoms with Gasteiger partial charge >= 0.3 is 0 Å². The van der Waals surface area contributed by atoms with Crippen molar-refractivity contribution in [3.63, 3.8) is 0 Å². The third-order valence-electron chi connectivity index (χ3n) is 3.73.